The lowest BCUT2D eigenvalue weighted by Crippen LogP contribution is -2.33. The highest BCUT2D eigenvalue weighted by Gasteiger charge is 2.16. The number of amides is 1. The molecule has 1 aliphatic rings. The minimum atomic E-state index is 0.0475. The molecular weight excluding hydrogens is 336 g/mol. The van der Waals surface area contributed by atoms with Gasteiger partial charge in [0.2, 0.25) is 5.91 Å². The second kappa shape index (κ2) is 7.97. The Morgan fingerprint density at radius 2 is 1.93 bits per heavy atom. The second-order valence-electron chi connectivity index (χ2n) is 7.48. The molecule has 0 unspecified atom stereocenters. The summed E-state index contributed by atoms with van der Waals surface area (Å²) in [4.78, 5) is 14.6. The Balaban J connectivity index is 1.29. The number of hydrogen-bond acceptors (Lipinski definition) is 3. The minimum absolute atomic E-state index is 0.0475. The van der Waals surface area contributed by atoms with Crippen LogP contribution in [0, 0.1) is 0 Å². The number of aryl methyl sites for hydroxylation is 2. The van der Waals surface area contributed by atoms with Crippen LogP contribution in [0.4, 0.5) is 0 Å². The lowest BCUT2D eigenvalue weighted by molar-refractivity contribution is -0.120. The van der Waals surface area contributed by atoms with E-state index in [0.29, 0.717) is 13.0 Å². The Morgan fingerprint density at radius 1 is 1.15 bits per heavy atom. The third kappa shape index (κ3) is 4.22. The highest BCUT2D eigenvalue weighted by atomic mass is 16.3. The van der Waals surface area contributed by atoms with E-state index in [9.17, 15) is 4.79 Å². The molecule has 4 nitrogen and oxygen atoms in total. The van der Waals surface area contributed by atoms with Crippen molar-refractivity contribution < 1.29 is 9.21 Å². The Morgan fingerprint density at radius 3 is 2.74 bits per heavy atom. The van der Waals surface area contributed by atoms with Crippen LogP contribution in [0.2, 0.25) is 0 Å². The van der Waals surface area contributed by atoms with Crippen molar-refractivity contribution in [2.75, 3.05) is 20.1 Å². The van der Waals surface area contributed by atoms with Gasteiger partial charge in [-0.2, -0.15) is 0 Å². The minimum Gasteiger partial charge on any atom is -0.464 e. The van der Waals surface area contributed by atoms with Gasteiger partial charge >= 0.3 is 0 Å². The third-order valence-electron chi connectivity index (χ3n) is 5.33. The molecule has 0 saturated carbocycles. The number of nitrogens with one attached hydrogen (secondary N) is 1. The monoisotopic (exact) mass is 362 g/mol. The first-order valence-electron chi connectivity index (χ1n) is 9.70. The van der Waals surface area contributed by atoms with Crippen molar-refractivity contribution in [1.29, 1.82) is 0 Å². The molecule has 0 fully saturated rings. The van der Waals surface area contributed by atoms with E-state index in [2.05, 4.69) is 53.7 Å². The van der Waals surface area contributed by atoms with E-state index in [4.69, 9.17) is 4.42 Å². The molecule has 0 atom stereocenters. The van der Waals surface area contributed by atoms with E-state index < -0.39 is 0 Å². The third-order valence-corrected chi connectivity index (χ3v) is 5.33. The number of hydrogen-bond donors (Lipinski definition) is 1. The maximum Gasteiger partial charge on any atom is 0.224 e. The van der Waals surface area contributed by atoms with Gasteiger partial charge in [0.25, 0.3) is 0 Å². The van der Waals surface area contributed by atoms with Crippen molar-refractivity contribution in [3.8, 4) is 0 Å². The summed E-state index contributed by atoms with van der Waals surface area (Å²) in [6, 6.07) is 14.7. The van der Waals surface area contributed by atoms with E-state index in [1.807, 2.05) is 6.07 Å². The molecule has 0 saturated heterocycles. The Kier molecular flexibility index (Phi) is 5.26. The largest absolute Gasteiger partial charge is 0.464 e. The van der Waals surface area contributed by atoms with Gasteiger partial charge in [-0.3, -0.25) is 4.79 Å². The Hall–Kier alpha value is -2.59. The topological polar surface area (TPSA) is 45.5 Å². The zero-order chi connectivity index (χ0) is 18.6. The molecule has 1 N–H and O–H groups in total. The maximum atomic E-state index is 12.4. The summed E-state index contributed by atoms with van der Waals surface area (Å²) in [7, 11) is 2.07. The number of fused-ring (bicyclic) bond motifs is 2. The van der Waals surface area contributed by atoms with Crippen molar-refractivity contribution in [3.63, 3.8) is 0 Å². The molecular formula is C23H26N2O2. The van der Waals surface area contributed by atoms with E-state index in [0.717, 1.165) is 42.5 Å². The number of carbonyl (C=O) groups excluding carboxylic acids is 1. The number of carbonyl (C=O) groups is 1. The van der Waals surface area contributed by atoms with Crippen LogP contribution in [0.25, 0.3) is 11.0 Å². The number of rotatable bonds is 7. The molecule has 140 valence electrons. The number of likely N-dealkylation sites (N-methyl/N-ethyl adjacent to an activating group) is 1. The predicted octanol–water partition coefficient (Wildman–Crippen LogP) is 3.71. The molecule has 4 heteroatoms. The quantitative estimate of drug-likeness (QED) is 0.697. The average Bonchev–Trinajstić information content (AvgIpc) is 3.27. The maximum absolute atomic E-state index is 12.4. The molecule has 0 spiro atoms. The number of nitrogens with zero attached hydrogens (tertiary/aromatic N) is 1. The lowest BCUT2D eigenvalue weighted by atomic mass is 10.0. The van der Waals surface area contributed by atoms with Crippen molar-refractivity contribution in [2.45, 2.75) is 32.2 Å². The highest BCUT2D eigenvalue weighted by Crippen LogP contribution is 2.30. The molecule has 0 aliphatic heterocycles. The molecule has 2 aromatic carbocycles. The first kappa shape index (κ1) is 17.8. The van der Waals surface area contributed by atoms with Gasteiger partial charge in [-0.15, -0.1) is 0 Å². The van der Waals surface area contributed by atoms with Crippen LogP contribution in [0.3, 0.4) is 0 Å². The fourth-order valence-electron chi connectivity index (χ4n) is 3.88. The van der Waals surface area contributed by atoms with Gasteiger partial charge < -0.3 is 14.6 Å². The predicted molar refractivity (Wildman–Crippen MR) is 108 cm³/mol. The fraction of sp³-hybridized carbons (Fsp3) is 0.348. The van der Waals surface area contributed by atoms with Gasteiger partial charge in [-0.05, 0) is 55.1 Å². The van der Waals surface area contributed by atoms with E-state index in [1.54, 1.807) is 6.26 Å². The molecule has 4 rings (SSSR count). The molecule has 1 heterocycles. The molecule has 3 aromatic rings. The van der Waals surface area contributed by atoms with Crippen LogP contribution in [0.5, 0.6) is 0 Å². The fourth-order valence-corrected chi connectivity index (χ4v) is 3.88. The summed E-state index contributed by atoms with van der Waals surface area (Å²) in [5.74, 6) is 0.0475. The van der Waals surface area contributed by atoms with Crippen LogP contribution in [0.15, 0.2) is 53.1 Å². The van der Waals surface area contributed by atoms with Crippen molar-refractivity contribution in [2.24, 2.45) is 0 Å². The summed E-state index contributed by atoms with van der Waals surface area (Å²) < 4.78 is 5.70. The Labute approximate surface area is 160 Å². The van der Waals surface area contributed by atoms with E-state index >= 15 is 0 Å². The second-order valence-corrected chi connectivity index (χ2v) is 7.48. The van der Waals surface area contributed by atoms with Gasteiger partial charge in [-0.1, -0.05) is 30.3 Å². The number of benzene rings is 2. The zero-order valence-electron chi connectivity index (χ0n) is 15.8. The molecule has 0 radical (unpaired) electrons. The summed E-state index contributed by atoms with van der Waals surface area (Å²) >= 11 is 0. The van der Waals surface area contributed by atoms with Gasteiger partial charge in [0, 0.05) is 30.6 Å². The van der Waals surface area contributed by atoms with Gasteiger partial charge in [0.05, 0.1) is 12.7 Å². The molecule has 1 aromatic heterocycles. The van der Waals surface area contributed by atoms with Crippen LogP contribution >= 0.6 is 0 Å². The van der Waals surface area contributed by atoms with Crippen molar-refractivity contribution in [3.05, 3.63) is 71.0 Å². The van der Waals surface area contributed by atoms with Gasteiger partial charge in [-0.25, -0.2) is 0 Å². The van der Waals surface area contributed by atoms with Crippen molar-refractivity contribution in [1.82, 2.24) is 10.2 Å². The van der Waals surface area contributed by atoms with Crippen LogP contribution in [0.1, 0.15) is 28.7 Å². The summed E-state index contributed by atoms with van der Waals surface area (Å²) in [6.45, 7) is 2.35. The number of furan rings is 1. The van der Waals surface area contributed by atoms with Crippen LogP contribution in [-0.4, -0.2) is 30.9 Å². The standard InChI is InChI=1S/C23H26N2O2/c1-25(15-17-6-3-2-4-7-17)11-10-24-23(26)14-20-16-27-22-13-19-9-5-8-18(19)12-21(20)22/h2-4,6-7,12-13,16H,5,8-11,14-15H2,1H3,(H,24,26). The summed E-state index contributed by atoms with van der Waals surface area (Å²) in [6.07, 6.45) is 5.59. The first-order valence-corrected chi connectivity index (χ1v) is 9.70. The summed E-state index contributed by atoms with van der Waals surface area (Å²) in [5, 5.41) is 4.12. The lowest BCUT2D eigenvalue weighted by Gasteiger charge is -2.17. The molecule has 1 amide bonds. The van der Waals surface area contributed by atoms with Crippen LogP contribution < -0.4 is 5.32 Å². The molecule has 1 aliphatic carbocycles. The molecule has 27 heavy (non-hydrogen) atoms. The Bertz CT molecular complexity index is 930. The first-order chi connectivity index (χ1) is 13.2. The molecule has 0 bridgehead atoms. The van der Waals surface area contributed by atoms with Crippen molar-refractivity contribution >= 4 is 16.9 Å². The highest BCUT2D eigenvalue weighted by molar-refractivity contribution is 5.88. The van der Waals surface area contributed by atoms with E-state index in [-0.39, 0.29) is 5.91 Å². The smallest absolute Gasteiger partial charge is 0.224 e. The summed E-state index contributed by atoms with van der Waals surface area (Å²) in [5.41, 5.74) is 5.97. The van der Waals surface area contributed by atoms with E-state index in [1.165, 1.54) is 23.1 Å². The normalized spacial score (nSPS) is 13.3. The van der Waals surface area contributed by atoms with Gasteiger partial charge in [0.1, 0.15) is 5.58 Å². The average molecular weight is 362 g/mol. The SMILES string of the molecule is CN(CCNC(=O)Cc1coc2cc3c(cc12)CCC3)Cc1ccccc1. The van der Waals surface area contributed by atoms with Gasteiger partial charge in [0.15, 0.2) is 0 Å². The zero-order valence-corrected chi connectivity index (χ0v) is 15.8. The van der Waals surface area contributed by atoms with Crippen LogP contribution in [-0.2, 0) is 30.6 Å².